The molecular weight excluding hydrogens is 727 g/mol. The van der Waals surface area contributed by atoms with E-state index in [2.05, 4.69) is 15.0 Å². The highest BCUT2D eigenvalue weighted by atomic mass is 19.4. The molecule has 4 amide bonds. The third-order valence-corrected chi connectivity index (χ3v) is 11.6. The van der Waals surface area contributed by atoms with E-state index in [0.29, 0.717) is 28.3 Å². The first-order valence-electron chi connectivity index (χ1n) is 18.1. The van der Waals surface area contributed by atoms with Gasteiger partial charge in [-0.3, -0.25) is 24.1 Å². The zero-order valence-electron chi connectivity index (χ0n) is 30.5. The Kier molecular flexibility index (Phi) is 8.81. The van der Waals surface area contributed by atoms with Crippen LogP contribution in [0.3, 0.4) is 0 Å². The molecule has 0 bridgehead atoms. The smallest absolute Gasteiger partial charge is 0.508 e. The number of benzene rings is 4. The van der Waals surface area contributed by atoms with Crippen molar-refractivity contribution < 1.29 is 42.2 Å². The maximum absolute atomic E-state index is 14.6. The second-order valence-corrected chi connectivity index (χ2v) is 14.9. The second kappa shape index (κ2) is 13.5. The normalized spacial score (nSPS) is 26.0. The Labute approximate surface area is 319 Å². The van der Waals surface area contributed by atoms with Crippen LogP contribution in [-0.2, 0) is 19.2 Å². The van der Waals surface area contributed by atoms with Crippen molar-refractivity contribution in [2.75, 3.05) is 28.8 Å². The fraction of sp³-hybridized carbons (Fsp3) is 0.286. The Morgan fingerprint density at radius 1 is 0.786 bits per heavy atom. The number of carbonyl (C=O) groups is 4. The molecule has 6 atom stereocenters. The molecule has 2 aliphatic heterocycles. The zero-order valence-corrected chi connectivity index (χ0v) is 30.5. The number of hydrogen-bond acceptors (Lipinski definition) is 9. The fourth-order valence-corrected chi connectivity index (χ4v) is 9.00. The van der Waals surface area contributed by atoms with Crippen molar-refractivity contribution in [2.24, 2.45) is 39.3 Å². The molecule has 3 fully saturated rings. The molecule has 2 saturated heterocycles. The summed E-state index contributed by atoms with van der Waals surface area (Å²) in [5, 5.41) is 19.8. The van der Waals surface area contributed by atoms with E-state index in [0.717, 1.165) is 33.7 Å². The van der Waals surface area contributed by atoms with Crippen molar-refractivity contribution in [3.63, 3.8) is 0 Å². The number of imide groups is 2. The number of nitrogens with zero attached hydrogens (tertiary/aromatic N) is 5. The average Bonchev–Trinajstić information content (AvgIpc) is 3.54. The lowest BCUT2D eigenvalue weighted by Crippen LogP contribution is -2.49. The van der Waals surface area contributed by atoms with Crippen molar-refractivity contribution in [1.82, 2.24) is 0 Å². The largest absolute Gasteiger partial charge is 0.573 e. The number of anilines is 3. The van der Waals surface area contributed by atoms with E-state index in [4.69, 9.17) is 0 Å². The fourth-order valence-electron chi connectivity index (χ4n) is 9.00. The molecule has 56 heavy (non-hydrogen) atoms. The summed E-state index contributed by atoms with van der Waals surface area (Å²) in [4.78, 5) is 61.6. The number of ether oxygens (including phenoxy) is 1. The molecule has 286 valence electrons. The number of allylic oxidation sites excluding steroid dienone is 2. The predicted molar refractivity (Wildman–Crippen MR) is 200 cm³/mol. The van der Waals surface area contributed by atoms with Gasteiger partial charge in [0.2, 0.25) is 23.6 Å². The molecule has 14 heteroatoms. The van der Waals surface area contributed by atoms with Gasteiger partial charge >= 0.3 is 6.36 Å². The van der Waals surface area contributed by atoms with Gasteiger partial charge in [0, 0.05) is 31.3 Å². The lowest BCUT2D eigenvalue weighted by molar-refractivity contribution is -0.274. The van der Waals surface area contributed by atoms with Crippen LogP contribution in [0.2, 0.25) is 0 Å². The summed E-state index contributed by atoms with van der Waals surface area (Å²) in [6, 6.07) is 25.3. The van der Waals surface area contributed by atoms with Gasteiger partial charge in [-0.2, -0.15) is 10.2 Å². The van der Waals surface area contributed by atoms with E-state index in [9.17, 15) is 37.5 Å². The van der Waals surface area contributed by atoms with E-state index in [-0.39, 0.29) is 18.4 Å². The molecule has 6 unspecified atom stereocenters. The van der Waals surface area contributed by atoms with Crippen LogP contribution < -0.4 is 19.4 Å². The maximum atomic E-state index is 14.6. The van der Waals surface area contributed by atoms with Gasteiger partial charge in [-0.1, -0.05) is 29.8 Å². The first-order chi connectivity index (χ1) is 26.7. The van der Waals surface area contributed by atoms with Crippen LogP contribution >= 0.6 is 0 Å². The van der Waals surface area contributed by atoms with Crippen LogP contribution in [0, 0.1) is 29.1 Å². The number of amides is 4. The highest BCUT2D eigenvalue weighted by Crippen LogP contribution is 2.64. The Hall–Kier alpha value is -6.31. The quantitative estimate of drug-likeness (QED) is 0.114. The molecule has 0 spiro atoms. The molecule has 1 N–H and O–H groups in total. The molecule has 11 nitrogen and oxygen atoms in total. The van der Waals surface area contributed by atoms with E-state index >= 15 is 0 Å². The van der Waals surface area contributed by atoms with Crippen molar-refractivity contribution >= 4 is 52.1 Å². The number of aromatic hydroxyl groups is 1. The zero-order chi connectivity index (χ0) is 39.7. The Bertz CT molecular complexity index is 2310. The predicted octanol–water partition coefficient (Wildman–Crippen LogP) is 8.21. The molecule has 4 aromatic rings. The molecular formula is C42H36F3N5O6. The summed E-state index contributed by atoms with van der Waals surface area (Å²) in [5.41, 5.74) is 1.63. The number of phenolic OH excluding ortho intramolecular Hbond substituents is 1. The van der Waals surface area contributed by atoms with Gasteiger partial charge in [0.1, 0.15) is 11.5 Å². The third-order valence-electron chi connectivity index (χ3n) is 11.6. The number of carbonyl (C=O) groups excluding carboxylic acids is 4. The minimum absolute atomic E-state index is 0.0229. The lowest BCUT2D eigenvalue weighted by Gasteiger charge is -2.49. The van der Waals surface area contributed by atoms with Crippen molar-refractivity contribution in [3.05, 3.63) is 114 Å². The van der Waals surface area contributed by atoms with Crippen LogP contribution in [-0.4, -0.2) is 49.2 Å². The van der Waals surface area contributed by atoms with Gasteiger partial charge in [0.05, 0.1) is 45.9 Å². The van der Waals surface area contributed by atoms with E-state index in [1.807, 2.05) is 43.3 Å². The molecule has 4 aromatic carbocycles. The van der Waals surface area contributed by atoms with E-state index in [1.54, 1.807) is 67.6 Å². The average molecular weight is 764 g/mol. The van der Waals surface area contributed by atoms with Gasteiger partial charge in [0.15, 0.2) is 0 Å². The minimum atomic E-state index is -5.05. The van der Waals surface area contributed by atoms with Gasteiger partial charge in [-0.15, -0.1) is 13.2 Å². The van der Waals surface area contributed by atoms with Gasteiger partial charge in [0.25, 0.3) is 0 Å². The van der Waals surface area contributed by atoms with Gasteiger partial charge in [-0.25, -0.2) is 4.90 Å². The Morgan fingerprint density at radius 3 is 2.04 bits per heavy atom. The number of phenols is 1. The van der Waals surface area contributed by atoms with Gasteiger partial charge in [-0.05, 0) is 105 Å². The van der Waals surface area contributed by atoms with Crippen LogP contribution in [0.1, 0.15) is 31.2 Å². The summed E-state index contributed by atoms with van der Waals surface area (Å²) in [7, 11) is 3.87. The number of azo groups is 1. The second-order valence-electron chi connectivity index (χ2n) is 14.9. The summed E-state index contributed by atoms with van der Waals surface area (Å²) in [5.74, 6) is -7.78. The highest BCUT2D eigenvalue weighted by molar-refractivity contribution is 6.25. The summed E-state index contributed by atoms with van der Waals surface area (Å²) in [6.45, 7) is 1.58. The summed E-state index contributed by atoms with van der Waals surface area (Å²) >= 11 is 0. The first kappa shape index (κ1) is 36.7. The maximum Gasteiger partial charge on any atom is 0.573 e. The van der Waals surface area contributed by atoms with Crippen LogP contribution in [0.25, 0.3) is 0 Å². The lowest BCUT2D eigenvalue weighted by atomic mass is 9.51. The summed E-state index contributed by atoms with van der Waals surface area (Å²) < 4.78 is 44.4. The number of rotatable bonds is 7. The minimum Gasteiger partial charge on any atom is -0.508 e. The molecule has 0 aromatic heterocycles. The Balaban J connectivity index is 1.15. The molecule has 8 rings (SSSR count). The number of halogens is 3. The highest BCUT2D eigenvalue weighted by Gasteiger charge is 2.68. The third kappa shape index (κ3) is 5.99. The van der Waals surface area contributed by atoms with E-state index in [1.165, 1.54) is 0 Å². The molecule has 2 aliphatic carbocycles. The monoisotopic (exact) mass is 763 g/mol. The van der Waals surface area contributed by atoms with Crippen molar-refractivity contribution in [3.8, 4) is 11.5 Å². The first-order valence-corrected chi connectivity index (χ1v) is 18.1. The van der Waals surface area contributed by atoms with Crippen LogP contribution in [0.5, 0.6) is 11.5 Å². The number of hydrogen-bond donors (Lipinski definition) is 1. The molecule has 2 heterocycles. The Morgan fingerprint density at radius 2 is 1.41 bits per heavy atom. The van der Waals surface area contributed by atoms with Crippen LogP contribution in [0.4, 0.5) is 41.6 Å². The molecule has 4 aliphatic rings. The molecule has 1 saturated carbocycles. The molecule has 0 radical (unpaired) electrons. The topological polar surface area (TPSA) is 132 Å². The number of fused-ring (bicyclic) bond motifs is 4. The number of alkyl halides is 3. The van der Waals surface area contributed by atoms with E-state index < -0.39 is 76.5 Å². The van der Waals surface area contributed by atoms with Crippen LogP contribution in [0.15, 0.2) is 119 Å². The summed E-state index contributed by atoms with van der Waals surface area (Å²) in [6.07, 6.45) is -3.18. The number of para-hydroxylation sites is 1. The standard InChI is InChI=1S/C42H36F3N5O6/c1-41-33(38(53)50(40(41)55)26-7-5-4-6-8-26)22-31-29(36(41)32-21-28(17-20-34(32)51)56-42(43,44)45)18-19-30-35(31)39(54)49(37(30)52)27-15-11-24(12-16-27)47-46-23-9-13-25(14-10-23)48(2)3/h4-18,20-21,30-31,33,35-36,51H,19,22H2,1-3H3. The SMILES string of the molecule is CN(C)c1ccc(N=Nc2ccc(N3C(=O)C4CC=C5C(CC6C(=O)N(c7ccccc7)C(=O)C6(C)C5c5cc(OC(F)(F)F)ccc5O)C4C3=O)cc2)cc1. The van der Waals surface area contributed by atoms with Crippen molar-refractivity contribution in [1.29, 1.82) is 0 Å². The van der Waals surface area contributed by atoms with Crippen molar-refractivity contribution in [2.45, 2.75) is 32.0 Å². The van der Waals surface area contributed by atoms with Gasteiger partial charge < -0.3 is 14.7 Å².